The maximum atomic E-state index is 11.9. The summed E-state index contributed by atoms with van der Waals surface area (Å²) in [5.41, 5.74) is 2.78. The van der Waals surface area contributed by atoms with Crippen molar-refractivity contribution in [3.8, 4) is 0 Å². The number of carbonyl (C=O) groups excluding carboxylic acids is 1. The van der Waals surface area contributed by atoms with Crippen LogP contribution in [0.5, 0.6) is 0 Å². The zero-order valence-corrected chi connectivity index (χ0v) is 12.8. The molecule has 0 aliphatic rings. The van der Waals surface area contributed by atoms with Crippen LogP contribution in [0, 0.1) is 6.92 Å². The second kappa shape index (κ2) is 6.41. The number of nitrogens with one attached hydrogen (secondary N) is 3. The lowest BCUT2D eigenvalue weighted by Crippen LogP contribution is -2.21. The molecule has 3 N–H and O–H groups in total. The molecule has 1 aromatic carbocycles. The molecule has 0 aliphatic heterocycles. The third-order valence-electron chi connectivity index (χ3n) is 3.35. The van der Waals surface area contributed by atoms with Gasteiger partial charge in [-0.1, -0.05) is 12.1 Å². The highest BCUT2D eigenvalue weighted by molar-refractivity contribution is 5.99. The molecule has 6 nitrogen and oxygen atoms in total. The number of benzene rings is 1. The lowest BCUT2D eigenvalue weighted by Gasteiger charge is -2.12. The van der Waals surface area contributed by atoms with Crippen LogP contribution in [-0.4, -0.2) is 22.9 Å². The first-order valence-corrected chi connectivity index (χ1v) is 6.85. The second-order valence-electron chi connectivity index (χ2n) is 5.01. The molecule has 112 valence electrons. The van der Waals surface area contributed by atoms with Gasteiger partial charge in [-0.15, -0.1) is 0 Å². The average Bonchev–Trinajstić information content (AvgIpc) is 2.76. The van der Waals surface area contributed by atoms with Crippen LogP contribution in [0.3, 0.4) is 0 Å². The van der Waals surface area contributed by atoms with E-state index in [0.29, 0.717) is 5.82 Å². The molecule has 1 heterocycles. The summed E-state index contributed by atoms with van der Waals surface area (Å²) in [4.78, 5) is 11.9. The van der Waals surface area contributed by atoms with E-state index in [1.807, 2.05) is 44.3 Å². The fourth-order valence-corrected chi connectivity index (χ4v) is 2.03. The maximum absolute atomic E-state index is 11.9. The van der Waals surface area contributed by atoms with Gasteiger partial charge in [0.15, 0.2) is 0 Å². The summed E-state index contributed by atoms with van der Waals surface area (Å²) in [5.74, 6) is 0.658. The molecule has 0 radical (unpaired) electrons. The second-order valence-corrected chi connectivity index (χ2v) is 5.01. The summed E-state index contributed by atoms with van der Waals surface area (Å²) >= 11 is 0. The van der Waals surface area contributed by atoms with Crippen molar-refractivity contribution in [3.63, 3.8) is 0 Å². The van der Waals surface area contributed by atoms with E-state index in [-0.39, 0.29) is 12.1 Å². The zero-order valence-electron chi connectivity index (χ0n) is 12.8. The largest absolute Gasteiger partial charge is 0.324 e. The van der Waals surface area contributed by atoms with Crippen molar-refractivity contribution in [1.82, 2.24) is 15.1 Å². The highest BCUT2D eigenvalue weighted by atomic mass is 16.2. The van der Waals surface area contributed by atoms with E-state index in [9.17, 15) is 4.79 Å². The number of carbonyl (C=O) groups is 1. The van der Waals surface area contributed by atoms with Gasteiger partial charge in [-0.2, -0.15) is 5.10 Å². The van der Waals surface area contributed by atoms with Gasteiger partial charge in [0.05, 0.1) is 5.69 Å². The number of aromatic nitrogens is 2. The summed E-state index contributed by atoms with van der Waals surface area (Å²) in [5, 5.41) is 12.9. The fraction of sp³-hybridized carbons (Fsp3) is 0.333. The van der Waals surface area contributed by atoms with Gasteiger partial charge >= 0.3 is 6.03 Å². The number of amides is 2. The summed E-state index contributed by atoms with van der Waals surface area (Å²) in [6.07, 6.45) is 0. The van der Waals surface area contributed by atoms with Crippen LogP contribution in [0.25, 0.3) is 0 Å². The SMILES string of the molecule is CNC(C)c1ccc(NC(=O)Nc2cc(C)nn2C)cc1. The molecule has 0 fully saturated rings. The molecule has 1 atom stereocenters. The number of hydrogen-bond acceptors (Lipinski definition) is 3. The fourth-order valence-electron chi connectivity index (χ4n) is 2.03. The molecule has 2 amide bonds. The predicted octanol–water partition coefficient (Wildman–Crippen LogP) is 2.65. The topological polar surface area (TPSA) is 71.0 Å². The van der Waals surface area contributed by atoms with Crippen molar-refractivity contribution in [3.05, 3.63) is 41.6 Å². The van der Waals surface area contributed by atoms with Gasteiger partial charge in [-0.3, -0.25) is 10.00 Å². The van der Waals surface area contributed by atoms with E-state index < -0.39 is 0 Å². The van der Waals surface area contributed by atoms with Crippen molar-refractivity contribution >= 4 is 17.5 Å². The van der Waals surface area contributed by atoms with E-state index in [1.54, 1.807) is 11.7 Å². The van der Waals surface area contributed by atoms with Crippen LogP contribution in [0.1, 0.15) is 24.2 Å². The molecular weight excluding hydrogens is 266 g/mol. The molecule has 0 aliphatic carbocycles. The van der Waals surface area contributed by atoms with E-state index in [4.69, 9.17) is 0 Å². The molecular formula is C15H21N5O. The zero-order chi connectivity index (χ0) is 15.4. The van der Waals surface area contributed by atoms with Crippen molar-refractivity contribution in [2.75, 3.05) is 17.7 Å². The third-order valence-corrected chi connectivity index (χ3v) is 3.35. The van der Waals surface area contributed by atoms with Crippen molar-refractivity contribution in [1.29, 1.82) is 0 Å². The molecule has 1 unspecified atom stereocenters. The quantitative estimate of drug-likeness (QED) is 0.809. The van der Waals surface area contributed by atoms with Crippen molar-refractivity contribution in [2.45, 2.75) is 19.9 Å². The van der Waals surface area contributed by atoms with Crippen molar-refractivity contribution < 1.29 is 4.79 Å². The van der Waals surface area contributed by atoms with E-state index in [2.05, 4.69) is 28.0 Å². The van der Waals surface area contributed by atoms with Gasteiger partial charge in [0, 0.05) is 24.8 Å². The van der Waals surface area contributed by atoms with Crippen LogP contribution in [-0.2, 0) is 7.05 Å². The molecule has 21 heavy (non-hydrogen) atoms. The van der Waals surface area contributed by atoms with Crippen LogP contribution in [0.15, 0.2) is 30.3 Å². The Hall–Kier alpha value is -2.34. The Kier molecular flexibility index (Phi) is 4.59. The van der Waals surface area contributed by atoms with Gasteiger partial charge in [0.2, 0.25) is 0 Å². The molecule has 6 heteroatoms. The molecule has 0 bridgehead atoms. The summed E-state index contributed by atoms with van der Waals surface area (Å²) in [6, 6.07) is 9.57. The van der Waals surface area contributed by atoms with Crippen LogP contribution in [0.4, 0.5) is 16.3 Å². The molecule has 1 aromatic heterocycles. The molecule has 0 spiro atoms. The Morgan fingerprint density at radius 1 is 1.24 bits per heavy atom. The normalized spacial score (nSPS) is 12.0. The van der Waals surface area contributed by atoms with E-state index in [0.717, 1.165) is 11.4 Å². The highest BCUT2D eigenvalue weighted by Crippen LogP contribution is 2.16. The molecule has 0 saturated carbocycles. The van der Waals surface area contributed by atoms with E-state index >= 15 is 0 Å². The van der Waals surface area contributed by atoms with Gasteiger partial charge in [0.25, 0.3) is 0 Å². The molecule has 2 rings (SSSR count). The minimum Gasteiger partial charge on any atom is -0.313 e. The first-order chi connectivity index (χ1) is 9.99. The third kappa shape index (κ3) is 3.82. The minimum absolute atomic E-state index is 0.283. The number of hydrogen-bond donors (Lipinski definition) is 3. The number of rotatable bonds is 4. The van der Waals surface area contributed by atoms with Gasteiger partial charge in [0.1, 0.15) is 5.82 Å². The Balaban J connectivity index is 1.98. The Bertz CT molecular complexity index is 617. The first-order valence-electron chi connectivity index (χ1n) is 6.85. The van der Waals surface area contributed by atoms with Crippen LogP contribution in [0.2, 0.25) is 0 Å². The summed E-state index contributed by atoms with van der Waals surface area (Å²) in [7, 11) is 3.71. The smallest absolute Gasteiger partial charge is 0.313 e. The van der Waals surface area contributed by atoms with Gasteiger partial charge in [-0.25, -0.2) is 4.79 Å². The number of aryl methyl sites for hydroxylation is 2. The summed E-state index contributed by atoms with van der Waals surface area (Å²) < 4.78 is 1.63. The van der Waals surface area contributed by atoms with Crippen molar-refractivity contribution in [2.24, 2.45) is 7.05 Å². The molecule has 2 aromatic rings. The monoisotopic (exact) mass is 287 g/mol. The Labute approximate surface area is 124 Å². The minimum atomic E-state index is -0.285. The van der Waals surface area contributed by atoms with E-state index in [1.165, 1.54) is 5.56 Å². The number of urea groups is 1. The Morgan fingerprint density at radius 3 is 2.43 bits per heavy atom. The lowest BCUT2D eigenvalue weighted by molar-refractivity contribution is 0.262. The number of nitrogens with zero attached hydrogens (tertiary/aromatic N) is 2. The lowest BCUT2D eigenvalue weighted by atomic mass is 10.1. The average molecular weight is 287 g/mol. The highest BCUT2D eigenvalue weighted by Gasteiger charge is 2.08. The summed E-state index contributed by atoms with van der Waals surface area (Å²) in [6.45, 7) is 3.96. The number of anilines is 2. The maximum Gasteiger partial charge on any atom is 0.324 e. The van der Waals surface area contributed by atoms with Crippen LogP contribution >= 0.6 is 0 Å². The Morgan fingerprint density at radius 2 is 1.90 bits per heavy atom. The van der Waals surface area contributed by atoms with Gasteiger partial charge < -0.3 is 10.6 Å². The molecule has 0 saturated heterocycles. The van der Waals surface area contributed by atoms with Gasteiger partial charge in [-0.05, 0) is 38.6 Å². The first kappa shape index (κ1) is 15.1. The van der Waals surface area contributed by atoms with Crippen LogP contribution < -0.4 is 16.0 Å². The predicted molar refractivity (Wildman–Crippen MR) is 84.5 cm³/mol. The standard InChI is InChI=1S/C15H21N5O/c1-10-9-14(20(4)19-10)18-15(21)17-13-7-5-12(6-8-13)11(2)16-3/h5-9,11,16H,1-4H3,(H2,17,18,21).